The van der Waals surface area contributed by atoms with Gasteiger partial charge in [0.15, 0.2) is 17.5 Å². The molecule has 0 saturated heterocycles. The first-order valence-electron chi connectivity index (χ1n) is 9.06. The highest BCUT2D eigenvalue weighted by Crippen LogP contribution is 2.38. The molecular formula is C19H22F3N3O3S. The van der Waals surface area contributed by atoms with E-state index in [1.165, 1.54) is 17.8 Å². The fourth-order valence-electron chi connectivity index (χ4n) is 3.54. The van der Waals surface area contributed by atoms with Crippen molar-refractivity contribution in [2.24, 2.45) is 12.5 Å². The highest BCUT2D eigenvalue weighted by molar-refractivity contribution is 7.83. The second-order valence-electron chi connectivity index (χ2n) is 7.49. The molecule has 1 amide bonds. The largest absolute Gasteiger partial charge is 0.396 e. The van der Waals surface area contributed by atoms with E-state index in [1.807, 2.05) is 6.92 Å². The highest BCUT2D eigenvalue weighted by atomic mass is 32.2. The predicted molar refractivity (Wildman–Crippen MR) is 102 cm³/mol. The first kappa shape index (κ1) is 21.5. The second kappa shape index (κ2) is 8.29. The summed E-state index contributed by atoms with van der Waals surface area (Å²) in [5.74, 6) is -4.08. The lowest BCUT2D eigenvalue weighted by atomic mass is 9.86. The number of carbonyl (C=O) groups excluding carboxylic acids is 1. The number of rotatable bonds is 6. The van der Waals surface area contributed by atoms with E-state index in [9.17, 15) is 27.3 Å². The van der Waals surface area contributed by atoms with Gasteiger partial charge in [-0.05, 0) is 25.0 Å². The summed E-state index contributed by atoms with van der Waals surface area (Å²) < 4.78 is 58.0. The van der Waals surface area contributed by atoms with Gasteiger partial charge in [0, 0.05) is 43.1 Å². The van der Waals surface area contributed by atoms with Crippen LogP contribution in [-0.2, 0) is 18.0 Å². The number of nitrogens with one attached hydrogen (secondary N) is 2. The van der Waals surface area contributed by atoms with E-state index in [0.29, 0.717) is 6.42 Å². The van der Waals surface area contributed by atoms with E-state index in [0.717, 1.165) is 31.0 Å². The van der Waals surface area contributed by atoms with E-state index < -0.39 is 45.5 Å². The molecule has 0 aliphatic heterocycles. The molecule has 3 rings (SSSR count). The molecule has 0 bridgehead atoms. The summed E-state index contributed by atoms with van der Waals surface area (Å²) >= 11 is 0. The minimum atomic E-state index is -1.94. The molecule has 1 aliphatic rings. The number of aliphatic hydroxyl groups is 1. The zero-order valence-corrected chi connectivity index (χ0v) is 16.8. The molecule has 1 aliphatic carbocycles. The average Bonchev–Trinajstić information content (AvgIpc) is 3.18. The highest BCUT2D eigenvalue weighted by Gasteiger charge is 2.39. The number of hydrogen-bond acceptors (Lipinski definition) is 3. The Morgan fingerprint density at radius 2 is 2.07 bits per heavy atom. The average molecular weight is 429 g/mol. The number of anilines is 1. The van der Waals surface area contributed by atoms with Crippen LogP contribution >= 0.6 is 0 Å². The molecule has 3 N–H and O–H groups in total. The predicted octanol–water partition coefficient (Wildman–Crippen LogP) is 2.86. The Morgan fingerprint density at radius 3 is 2.72 bits per heavy atom. The topological polar surface area (TPSA) is 83.4 Å². The summed E-state index contributed by atoms with van der Waals surface area (Å²) in [6.45, 7) is 1.79. The molecule has 1 aromatic carbocycles. The Morgan fingerprint density at radius 1 is 1.34 bits per heavy atom. The zero-order valence-electron chi connectivity index (χ0n) is 16.0. The SMILES string of the molecule is Cn1cc(S(=O)NC2CCCC2(C)CO)c(F)c1C(=O)Nc1ccc(F)c(F)c1. The van der Waals surface area contributed by atoms with Crippen LogP contribution in [-0.4, -0.2) is 32.4 Å². The summed E-state index contributed by atoms with van der Waals surface area (Å²) in [5, 5.41) is 11.9. The summed E-state index contributed by atoms with van der Waals surface area (Å²) in [6.07, 6.45) is 3.55. The number of benzene rings is 1. The quantitative estimate of drug-likeness (QED) is 0.660. The van der Waals surface area contributed by atoms with Crippen molar-refractivity contribution in [3.8, 4) is 0 Å². The van der Waals surface area contributed by atoms with Gasteiger partial charge in [0.05, 0.1) is 0 Å². The van der Waals surface area contributed by atoms with Gasteiger partial charge in [0.1, 0.15) is 21.6 Å². The number of aryl methyl sites for hydroxylation is 1. The van der Waals surface area contributed by atoms with Gasteiger partial charge in [0.2, 0.25) is 0 Å². The monoisotopic (exact) mass is 429 g/mol. The molecule has 1 heterocycles. The first-order valence-corrected chi connectivity index (χ1v) is 10.2. The molecule has 6 nitrogen and oxygen atoms in total. The van der Waals surface area contributed by atoms with Gasteiger partial charge in [-0.25, -0.2) is 22.1 Å². The Bertz CT molecular complexity index is 966. The summed E-state index contributed by atoms with van der Waals surface area (Å²) in [5.41, 5.74) is -0.885. The standard InChI is InChI=1S/C19H22F3N3O3S/c1-19(10-26)7-3-4-15(19)24-29(28)14-9-25(2)17(16(14)22)18(27)23-11-5-6-12(20)13(21)8-11/h5-6,8-9,15,24,26H,3-4,7,10H2,1-2H3,(H,23,27). The summed E-state index contributed by atoms with van der Waals surface area (Å²) in [6, 6.07) is 2.52. The van der Waals surface area contributed by atoms with Crippen LogP contribution in [0.1, 0.15) is 36.7 Å². The van der Waals surface area contributed by atoms with Crippen molar-refractivity contribution in [2.75, 3.05) is 11.9 Å². The Hall–Kier alpha value is -2.17. The molecule has 1 fully saturated rings. The van der Waals surface area contributed by atoms with Crippen LogP contribution < -0.4 is 10.0 Å². The van der Waals surface area contributed by atoms with Gasteiger partial charge in [0.25, 0.3) is 5.91 Å². The van der Waals surface area contributed by atoms with Crippen LogP contribution in [0.4, 0.5) is 18.9 Å². The van der Waals surface area contributed by atoms with Crippen LogP contribution in [0.15, 0.2) is 29.3 Å². The van der Waals surface area contributed by atoms with Crippen molar-refractivity contribution in [2.45, 2.75) is 37.1 Å². The van der Waals surface area contributed by atoms with Crippen molar-refractivity contribution in [3.05, 3.63) is 47.5 Å². The lowest BCUT2D eigenvalue weighted by molar-refractivity contribution is 0.101. The van der Waals surface area contributed by atoms with Crippen molar-refractivity contribution in [3.63, 3.8) is 0 Å². The zero-order chi connectivity index (χ0) is 21.3. The van der Waals surface area contributed by atoms with Crippen LogP contribution in [0.3, 0.4) is 0 Å². The van der Waals surface area contributed by atoms with Crippen molar-refractivity contribution in [1.82, 2.24) is 9.29 Å². The van der Waals surface area contributed by atoms with Gasteiger partial charge in [-0.15, -0.1) is 0 Å². The Kier molecular flexibility index (Phi) is 6.16. The van der Waals surface area contributed by atoms with Crippen molar-refractivity contribution < 1.29 is 27.3 Å². The van der Waals surface area contributed by atoms with E-state index in [1.54, 1.807) is 0 Å². The molecule has 1 aromatic heterocycles. The number of nitrogens with zero attached hydrogens (tertiary/aromatic N) is 1. The van der Waals surface area contributed by atoms with Crippen molar-refractivity contribution >= 4 is 22.6 Å². The number of halogens is 3. The smallest absolute Gasteiger partial charge is 0.275 e. The van der Waals surface area contributed by atoms with Crippen LogP contribution in [0.2, 0.25) is 0 Å². The van der Waals surface area contributed by atoms with E-state index in [2.05, 4.69) is 10.0 Å². The van der Waals surface area contributed by atoms with Gasteiger partial charge in [-0.2, -0.15) is 0 Å². The van der Waals surface area contributed by atoms with Crippen LogP contribution in [0.5, 0.6) is 0 Å². The third-order valence-corrected chi connectivity index (χ3v) is 6.56. The van der Waals surface area contributed by atoms with Gasteiger partial charge in [-0.1, -0.05) is 13.3 Å². The maximum Gasteiger partial charge on any atom is 0.275 e. The first-order chi connectivity index (χ1) is 13.7. The normalized spacial score (nSPS) is 22.6. The third-order valence-electron chi connectivity index (χ3n) is 5.37. The molecule has 0 spiro atoms. The molecular weight excluding hydrogens is 407 g/mol. The number of aromatic nitrogens is 1. The fraction of sp³-hybridized carbons (Fsp3) is 0.421. The second-order valence-corrected chi connectivity index (χ2v) is 8.71. The van der Waals surface area contributed by atoms with Gasteiger partial charge in [-0.3, -0.25) is 4.79 Å². The fourth-order valence-corrected chi connectivity index (χ4v) is 4.84. The van der Waals surface area contributed by atoms with Gasteiger partial charge < -0.3 is 15.0 Å². The maximum absolute atomic E-state index is 14.9. The van der Waals surface area contributed by atoms with Crippen molar-refractivity contribution in [1.29, 1.82) is 0 Å². The molecule has 10 heteroatoms. The minimum Gasteiger partial charge on any atom is -0.396 e. The van der Waals surface area contributed by atoms with Crippen LogP contribution in [0.25, 0.3) is 0 Å². The van der Waals surface area contributed by atoms with E-state index in [-0.39, 0.29) is 23.2 Å². The Labute approximate surface area is 168 Å². The molecule has 2 aromatic rings. The van der Waals surface area contributed by atoms with E-state index >= 15 is 0 Å². The molecule has 3 unspecified atom stereocenters. The number of carbonyl (C=O) groups is 1. The minimum absolute atomic E-state index is 0.0417. The molecule has 0 radical (unpaired) electrons. The Balaban J connectivity index is 1.79. The molecule has 29 heavy (non-hydrogen) atoms. The number of amides is 1. The van der Waals surface area contributed by atoms with E-state index in [4.69, 9.17) is 0 Å². The number of hydrogen-bond donors (Lipinski definition) is 3. The lowest BCUT2D eigenvalue weighted by Crippen LogP contribution is -2.42. The summed E-state index contributed by atoms with van der Waals surface area (Å²) in [7, 11) is -0.525. The third kappa shape index (κ3) is 4.24. The molecule has 3 atom stereocenters. The number of aliphatic hydroxyl groups excluding tert-OH is 1. The van der Waals surface area contributed by atoms with Gasteiger partial charge >= 0.3 is 0 Å². The maximum atomic E-state index is 14.9. The molecule has 158 valence electrons. The van der Waals surface area contributed by atoms with Crippen LogP contribution in [0, 0.1) is 22.9 Å². The molecule has 1 saturated carbocycles. The lowest BCUT2D eigenvalue weighted by Gasteiger charge is -2.29. The summed E-state index contributed by atoms with van der Waals surface area (Å²) in [4.78, 5) is 12.2.